The summed E-state index contributed by atoms with van der Waals surface area (Å²) in [5.41, 5.74) is 5.32. The maximum Gasteiger partial charge on any atom is 0.253 e. The smallest absolute Gasteiger partial charge is 0.253 e. The third kappa shape index (κ3) is 4.30. The summed E-state index contributed by atoms with van der Waals surface area (Å²) in [5, 5.41) is 6.54. The highest BCUT2D eigenvalue weighted by Gasteiger charge is 2.21. The van der Waals surface area contributed by atoms with Crippen molar-refractivity contribution in [2.45, 2.75) is 52.5 Å². The molecule has 1 aromatic carbocycles. The van der Waals surface area contributed by atoms with E-state index >= 15 is 0 Å². The Morgan fingerprint density at radius 2 is 1.88 bits per heavy atom. The largest absolute Gasteiger partial charge is 0.349 e. The number of aryl methyl sites for hydroxylation is 1. The molecule has 2 N–H and O–H groups in total. The van der Waals surface area contributed by atoms with E-state index in [1.807, 2.05) is 13.0 Å². The molecule has 1 aromatic heterocycles. The third-order valence-corrected chi connectivity index (χ3v) is 5.15. The first-order valence-electron chi connectivity index (χ1n) is 9.28. The summed E-state index contributed by atoms with van der Waals surface area (Å²) in [5.74, 6) is 0.532. The summed E-state index contributed by atoms with van der Waals surface area (Å²) >= 11 is 0. The van der Waals surface area contributed by atoms with E-state index in [1.54, 1.807) is 0 Å². The number of rotatable bonds is 4. The molecule has 26 heavy (non-hydrogen) atoms. The van der Waals surface area contributed by atoms with Gasteiger partial charge in [-0.1, -0.05) is 26.0 Å². The van der Waals surface area contributed by atoms with Crippen molar-refractivity contribution in [1.29, 1.82) is 0 Å². The number of nitrogens with one attached hydrogen (secondary N) is 2. The van der Waals surface area contributed by atoms with Crippen LogP contribution >= 0.6 is 12.4 Å². The summed E-state index contributed by atoms with van der Waals surface area (Å²) in [6, 6.07) is 10.9. The predicted molar refractivity (Wildman–Crippen MR) is 110 cm³/mol. The Labute approximate surface area is 162 Å². The van der Waals surface area contributed by atoms with E-state index < -0.39 is 0 Å². The van der Waals surface area contributed by atoms with Gasteiger partial charge in [0.15, 0.2) is 0 Å². The number of hydrogen-bond donors (Lipinski definition) is 2. The van der Waals surface area contributed by atoms with Gasteiger partial charge in [0, 0.05) is 23.1 Å². The first-order chi connectivity index (χ1) is 12.0. The molecule has 1 aliphatic heterocycles. The SMILES string of the molecule is Cc1cc(C(=O)NC2CCNCC2)c(C)n1-c1cccc(C(C)C)c1.Cl. The highest BCUT2D eigenvalue weighted by molar-refractivity contribution is 5.96. The van der Waals surface area contributed by atoms with Gasteiger partial charge in [0.05, 0.1) is 5.56 Å². The van der Waals surface area contributed by atoms with E-state index in [0.29, 0.717) is 5.92 Å². The lowest BCUT2D eigenvalue weighted by molar-refractivity contribution is 0.0929. The predicted octanol–water partition coefficient (Wildman–Crippen LogP) is 4.12. The van der Waals surface area contributed by atoms with Crippen molar-refractivity contribution in [3.63, 3.8) is 0 Å². The number of halogens is 1. The molecule has 1 amide bonds. The van der Waals surface area contributed by atoms with Gasteiger partial charge >= 0.3 is 0 Å². The molecule has 142 valence electrons. The summed E-state index contributed by atoms with van der Waals surface area (Å²) in [6.45, 7) is 10.5. The van der Waals surface area contributed by atoms with Crippen molar-refractivity contribution in [3.8, 4) is 5.69 Å². The summed E-state index contributed by atoms with van der Waals surface area (Å²) < 4.78 is 2.18. The Kier molecular flexibility index (Phi) is 6.90. The topological polar surface area (TPSA) is 46.1 Å². The molecule has 0 saturated carbocycles. The minimum absolute atomic E-state index is 0. The lowest BCUT2D eigenvalue weighted by Crippen LogP contribution is -2.42. The number of hydrogen-bond acceptors (Lipinski definition) is 2. The van der Waals surface area contributed by atoms with E-state index in [0.717, 1.165) is 48.6 Å². The average molecular weight is 376 g/mol. The van der Waals surface area contributed by atoms with Crippen LogP contribution in [-0.4, -0.2) is 29.6 Å². The Morgan fingerprint density at radius 1 is 1.19 bits per heavy atom. The zero-order chi connectivity index (χ0) is 18.0. The molecule has 5 heteroatoms. The lowest BCUT2D eigenvalue weighted by Gasteiger charge is -2.23. The Hall–Kier alpha value is -1.78. The molecule has 0 bridgehead atoms. The van der Waals surface area contributed by atoms with Crippen molar-refractivity contribution in [1.82, 2.24) is 15.2 Å². The number of benzene rings is 1. The van der Waals surface area contributed by atoms with Gasteiger partial charge < -0.3 is 15.2 Å². The zero-order valence-corrected chi connectivity index (χ0v) is 17.0. The summed E-state index contributed by atoms with van der Waals surface area (Å²) in [7, 11) is 0. The molecule has 3 rings (SSSR count). The second kappa shape index (κ2) is 8.74. The first-order valence-corrected chi connectivity index (χ1v) is 9.28. The number of aromatic nitrogens is 1. The quantitative estimate of drug-likeness (QED) is 0.844. The van der Waals surface area contributed by atoms with E-state index in [4.69, 9.17) is 0 Å². The molecule has 0 aliphatic carbocycles. The summed E-state index contributed by atoms with van der Waals surface area (Å²) in [4.78, 5) is 12.8. The van der Waals surface area contributed by atoms with Crippen LogP contribution in [0.2, 0.25) is 0 Å². The fraction of sp³-hybridized carbons (Fsp3) is 0.476. The van der Waals surface area contributed by atoms with Crippen molar-refractivity contribution in [2.24, 2.45) is 0 Å². The Balaban J connectivity index is 0.00000243. The minimum Gasteiger partial charge on any atom is -0.349 e. The van der Waals surface area contributed by atoms with Crippen LogP contribution in [0.4, 0.5) is 0 Å². The molecule has 1 fully saturated rings. The van der Waals surface area contributed by atoms with Gasteiger partial charge in [-0.3, -0.25) is 4.79 Å². The molecule has 0 spiro atoms. The van der Waals surface area contributed by atoms with Crippen molar-refractivity contribution in [3.05, 3.63) is 52.8 Å². The van der Waals surface area contributed by atoms with E-state index in [9.17, 15) is 4.79 Å². The monoisotopic (exact) mass is 375 g/mol. The summed E-state index contributed by atoms with van der Waals surface area (Å²) in [6.07, 6.45) is 2.00. The van der Waals surface area contributed by atoms with E-state index in [1.165, 1.54) is 5.56 Å². The van der Waals surface area contributed by atoms with Gasteiger partial charge in [-0.05, 0) is 69.5 Å². The second-order valence-corrected chi connectivity index (χ2v) is 7.37. The zero-order valence-electron chi connectivity index (χ0n) is 16.1. The van der Waals surface area contributed by atoms with Crippen LogP contribution in [0.25, 0.3) is 5.69 Å². The van der Waals surface area contributed by atoms with Crippen LogP contribution in [0.5, 0.6) is 0 Å². The lowest BCUT2D eigenvalue weighted by atomic mass is 10.0. The second-order valence-electron chi connectivity index (χ2n) is 7.37. The van der Waals surface area contributed by atoms with E-state index in [2.05, 4.69) is 60.2 Å². The molecule has 0 unspecified atom stereocenters. The first kappa shape index (κ1) is 20.5. The number of amides is 1. The number of piperidine rings is 1. The van der Waals surface area contributed by atoms with Crippen molar-refractivity contribution in [2.75, 3.05) is 13.1 Å². The van der Waals surface area contributed by atoms with Gasteiger partial charge in [0.25, 0.3) is 5.91 Å². The van der Waals surface area contributed by atoms with Crippen LogP contribution < -0.4 is 10.6 Å². The van der Waals surface area contributed by atoms with Crippen molar-refractivity contribution < 1.29 is 4.79 Å². The Bertz CT molecular complexity index is 761. The number of carbonyl (C=O) groups is 1. The van der Waals surface area contributed by atoms with Crippen LogP contribution in [-0.2, 0) is 0 Å². The number of carbonyl (C=O) groups excluding carboxylic acids is 1. The maximum absolute atomic E-state index is 12.8. The molecule has 0 radical (unpaired) electrons. The molecule has 2 heterocycles. The van der Waals surface area contributed by atoms with Crippen LogP contribution in [0.15, 0.2) is 30.3 Å². The fourth-order valence-corrected chi connectivity index (χ4v) is 3.64. The van der Waals surface area contributed by atoms with Gasteiger partial charge in [-0.25, -0.2) is 0 Å². The van der Waals surface area contributed by atoms with Crippen molar-refractivity contribution >= 4 is 18.3 Å². The standard InChI is InChI=1S/C21H29N3O.ClH/c1-14(2)17-6-5-7-19(13-17)24-15(3)12-20(16(24)4)21(25)23-18-8-10-22-11-9-18;/h5-7,12-14,18,22H,8-11H2,1-4H3,(H,23,25);1H. The molecule has 2 aromatic rings. The third-order valence-electron chi connectivity index (χ3n) is 5.15. The van der Waals surface area contributed by atoms with Gasteiger partial charge in [0.2, 0.25) is 0 Å². The molecule has 1 aliphatic rings. The molecule has 1 saturated heterocycles. The molecule has 4 nitrogen and oxygen atoms in total. The highest BCUT2D eigenvalue weighted by atomic mass is 35.5. The molecular weight excluding hydrogens is 346 g/mol. The van der Waals surface area contributed by atoms with Crippen LogP contribution in [0.1, 0.15) is 59.9 Å². The van der Waals surface area contributed by atoms with E-state index in [-0.39, 0.29) is 24.4 Å². The Morgan fingerprint density at radius 3 is 2.54 bits per heavy atom. The molecular formula is C21H30ClN3O. The fourth-order valence-electron chi connectivity index (χ4n) is 3.64. The van der Waals surface area contributed by atoms with Crippen LogP contribution in [0.3, 0.4) is 0 Å². The van der Waals surface area contributed by atoms with Gasteiger partial charge in [-0.2, -0.15) is 0 Å². The van der Waals surface area contributed by atoms with Gasteiger partial charge in [0.1, 0.15) is 0 Å². The van der Waals surface area contributed by atoms with Crippen LogP contribution in [0, 0.1) is 13.8 Å². The average Bonchev–Trinajstić information content (AvgIpc) is 2.90. The maximum atomic E-state index is 12.8. The van der Waals surface area contributed by atoms with Gasteiger partial charge in [-0.15, -0.1) is 12.4 Å². The number of nitrogens with zero attached hydrogens (tertiary/aromatic N) is 1. The minimum atomic E-state index is 0. The molecule has 0 atom stereocenters. The highest BCUT2D eigenvalue weighted by Crippen LogP contribution is 2.24. The normalized spacial score (nSPS) is 15.0.